The number of nitrogens with two attached hydrogens (primary N) is 1. The van der Waals surface area contributed by atoms with Crippen molar-refractivity contribution in [3.05, 3.63) is 23.3 Å². The van der Waals surface area contributed by atoms with Gasteiger partial charge in [-0.25, -0.2) is 0 Å². The highest BCUT2D eigenvalue weighted by atomic mass is 16.5. The molecule has 1 aliphatic carbocycles. The monoisotopic (exact) mass is 221 g/mol. The molecule has 0 atom stereocenters. The summed E-state index contributed by atoms with van der Waals surface area (Å²) in [5, 5.41) is 10.2. The lowest BCUT2D eigenvalue weighted by Gasteiger charge is -2.20. The van der Waals surface area contributed by atoms with E-state index in [1.165, 1.54) is 5.56 Å². The van der Waals surface area contributed by atoms with E-state index < -0.39 is 0 Å². The van der Waals surface area contributed by atoms with Gasteiger partial charge in [-0.3, -0.25) is 0 Å². The number of aromatic hydroxyl groups is 1. The minimum atomic E-state index is 0.00394. The number of aryl methyl sites for hydroxylation is 1. The van der Waals surface area contributed by atoms with Crippen LogP contribution in [0.3, 0.4) is 0 Å². The number of rotatable bonds is 4. The lowest BCUT2D eigenvalue weighted by molar-refractivity contribution is 0.367. The SMILES string of the molecule is CCc1ccc(OC)c(O)c1C1(CN)CC1. The Hall–Kier alpha value is -1.22. The molecular weight excluding hydrogens is 202 g/mol. The van der Waals surface area contributed by atoms with Crippen molar-refractivity contribution in [3.63, 3.8) is 0 Å². The summed E-state index contributed by atoms with van der Waals surface area (Å²) in [6.45, 7) is 2.69. The Morgan fingerprint density at radius 1 is 1.44 bits per heavy atom. The number of ether oxygens (including phenoxy) is 1. The van der Waals surface area contributed by atoms with Gasteiger partial charge < -0.3 is 15.6 Å². The van der Waals surface area contributed by atoms with E-state index in [9.17, 15) is 5.11 Å². The van der Waals surface area contributed by atoms with E-state index in [1.54, 1.807) is 7.11 Å². The number of phenolic OH excluding ortho intramolecular Hbond substituents is 1. The molecule has 3 heteroatoms. The van der Waals surface area contributed by atoms with E-state index in [0.717, 1.165) is 24.8 Å². The highest BCUT2D eigenvalue weighted by molar-refractivity contribution is 5.55. The summed E-state index contributed by atoms with van der Waals surface area (Å²) in [5.74, 6) is 0.830. The molecule has 0 amide bonds. The molecule has 88 valence electrons. The van der Waals surface area contributed by atoms with Crippen molar-refractivity contribution in [2.75, 3.05) is 13.7 Å². The van der Waals surface area contributed by atoms with Gasteiger partial charge in [0.2, 0.25) is 0 Å². The Balaban J connectivity index is 2.56. The van der Waals surface area contributed by atoms with E-state index in [4.69, 9.17) is 10.5 Å². The lowest BCUT2D eigenvalue weighted by atomic mass is 9.89. The molecule has 16 heavy (non-hydrogen) atoms. The predicted octanol–water partition coefficient (Wildman–Crippen LogP) is 1.95. The van der Waals surface area contributed by atoms with Crippen molar-refractivity contribution in [1.82, 2.24) is 0 Å². The van der Waals surface area contributed by atoms with Gasteiger partial charge in [0.15, 0.2) is 11.5 Å². The van der Waals surface area contributed by atoms with E-state index in [2.05, 4.69) is 6.92 Å². The van der Waals surface area contributed by atoms with Gasteiger partial charge in [-0.1, -0.05) is 13.0 Å². The maximum atomic E-state index is 10.2. The average molecular weight is 221 g/mol. The number of methoxy groups -OCH3 is 1. The number of benzene rings is 1. The van der Waals surface area contributed by atoms with Crippen molar-refractivity contribution >= 4 is 0 Å². The summed E-state index contributed by atoms with van der Waals surface area (Å²) in [6.07, 6.45) is 3.04. The second-order valence-corrected chi connectivity index (χ2v) is 4.49. The fourth-order valence-corrected chi connectivity index (χ4v) is 2.37. The Kier molecular flexibility index (Phi) is 2.80. The van der Waals surface area contributed by atoms with Crippen LogP contribution in [0.2, 0.25) is 0 Å². The maximum absolute atomic E-state index is 10.2. The molecule has 1 fully saturated rings. The second kappa shape index (κ2) is 3.98. The molecule has 0 saturated heterocycles. The Morgan fingerprint density at radius 2 is 2.12 bits per heavy atom. The zero-order valence-electron chi connectivity index (χ0n) is 9.92. The van der Waals surface area contributed by atoms with Gasteiger partial charge in [-0.2, -0.15) is 0 Å². The fourth-order valence-electron chi connectivity index (χ4n) is 2.37. The van der Waals surface area contributed by atoms with Crippen LogP contribution in [0.1, 0.15) is 30.9 Å². The summed E-state index contributed by atoms with van der Waals surface area (Å²) < 4.78 is 5.16. The van der Waals surface area contributed by atoms with Crippen LogP contribution in [0.25, 0.3) is 0 Å². The van der Waals surface area contributed by atoms with Crippen LogP contribution in [-0.4, -0.2) is 18.8 Å². The first-order valence-electron chi connectivity index (χ1n) is 5.78. The van der Waals surface area contributed by atoms with Crippen LogP contribution in [0.15, 0.2) is 12.1 Å². The van der Waals surface area contributed by atoms with Crippen LogP contribution < -0.4 is 10.5 Å². The minimum Gasteiger partial charge on any atom is -0.504 e. The van der Waals surface area contributed by atoms with Gasteiger partial charge in [-0.15, -0.1) is 0 Å². The highest BCUT2D eigenvalue weighted by Crippen LogP contribution is 2.53. The molecule has 1 aliphatic rings. The third-order valence-corrected chi connectivity index (χ3v) is 3.60. The molecule has 1 aromatic carbocycles. The summed E-state index contributed by atoms with van der Waals surface area (Å²) in [7, 11) is 1.58. The highest BCUT2D eigenvalue weighted by Gasteiger charge is 2.46. The number of phenols is 1. The first-order valence-corrected chi connectivity index (χ1v) is 5.78. The third kappa shape index (κ3) is 1.55. The van der Waals surface area contributed by atoms with Gasteiger partial charge in [0.05, 0.1) is 7.11 Å². The van der Waals surface area contributed by atoms with Gasteiger partial charge in [-0.05, 0) is 30.9 Å². The molecule has 1 aromatic rings. The average Bonchev–Trinajstić information content (AvgIpc) is 3.09. The van der Waals surface area contributed by atoms with Gasteiger partial charge in [0.1, 0.15) is 0 Å². The molecule has 3 nitrogen and oxygen atoms in total. The van der Waals surface area contributed by atoms with Crippen molar-refractivity contribution in [2.24, 2.45) is 5.73 Å². The van der Waals surface area contributed by atoms with Crippen LogP contribution >= 0.6 is 0 Å². The Morgan fingerprint density at radius 3 is 2.56 bits per heavy atom. The summed E-state index contributed by atoms with van der Waals surface area (Å²) in [6, 6.07) is 3.86. The molecule has 0 aromatic heterocycles. The largest absolute Gasteiger partial charge is 0.504 e. The molecular formula is C13H19NO2. The third-order valence-electron chi connectivity index (χ3n) is 3.60. The van der Waals surface area contributed by atoms with Gasteiger partial charge in [0, 0.05) is 17.5 Å². The van der Waals surface area contributed by atoms with Gasteiger partial charge in [0.25, 0.3) is 0 Å². The van der Waals surface area contributed by atoms with Crippen LogP contribution in [0.4, 0.5) is 0 Å². The Labute approximate surface area is 96.2 Å². The molecule has 0 bridgehead atoms. The number of hydrogen-bond acceptors (Lipinski definition) is 3. The summed E-state index contributed by atoms with van der Waals surface area (Å²) in [4.78, 5) is 0. The molecule has 0 heterocycles. The smallest absolute Gasteiger partial charge is 0.161 e. The molecule has 0 unspecified atom stereocenters. The van der Waals surface area contributed by atoms with Crippen LogP contribution in [0, 0.1) is 0 Å². The normalized spacial score (nSPS) is 17.2. The minimum absolute atomic E-state index is 0.00394. The first kappa shape index (κ1) is 11.3. The van der Waals surface area contributed by atoms with Crippen molar-refractivity contribution in [2.45, 2.75) is 31.6 Å². The first-order chi connectivity index (χ1) is 7.68. The van der Waals surface area contributed by atoms with E-state index in [1.807, 2.05) is 12.1 Å². The van der Waals surface area contributed by atoms with Crippen molar-refractivity contribution in [3.8, 4) is 11.5 Å². The number of hydrogen-bond donors (Lipinski definition) is 2. The standard InChI is InChI=1S/C13H19NO2/c1-3-9-4-5-10(16-2)12(15)11(9)13(8-14)6-7-13/h4-5,15H,3,6-8,14H2,1-2H3. The molecule has 2 rings (SSSR count). The topological polar surface area (TPSA) is 55.5 Å². The Bertz CT molecular complexity index is 397. The van der Waals surface area contributed by atoms with Crippen LogP contribution in [-0.2, 0) is 11.8 Å². The zero-order chi connectivity index (χ0) is 11.8. The fraction of sp³-hybridized carbons (Fsp3) is 0.538. The quantitative estimate of drug-likeness (QED) is 0.817. The van der Waals surface area contributed by atoms with E-state index >= 15 is 0 Å². The van der Waals surface area contributed by atoms with E-state index in [-0.39, 0.29) is 11.2 Å². The van der Waals surface area contributed by atoms with Crippen molar-refractivity contribution in [1.29, 1.82) is 0 Å². The zero-order valence-corrected chi connectivity index (χ0v) is 9.92. The lowest BCUT2D eigenvalue weighted by Crippen LogP contribution is -2.21. The van der Waals surface area contributed by atoms with Crippen LogP contribution in [0.5, 0.6) is 11.5 Å². The summed E-state index contributed by atoms with van der Waals surface area (Å²) in [5.41, 5.74) is 8.03. The molecule has 1 saturated carbocycles. The van der Waals surface area contributed by atoms with Crippen molar-refractivity contribution < 1.29 is 9.84 Å². The second-order valence-electron chi connectivity index (χ2n) is 4.49. The molecule has 3 N–H and O–H groups in total. The summed E-state index contributed by atoms with van der Waals surface area (Å²) >= 11 is 0. The molecule has 0 spiro atoms. The molecule has 0 aliphatic heterocycles. The maximum Gasteiger partial charge on any atom is 0.161 e. The predicted molar refractivity (Wildman–Crippen MR) is 64.0 cm³/mol. The van der Waals surface area contributed by atoms with Gasteiger partial charge >= 0.3 is 0 Å². The van der Waals surface area contributed by atoms with E-state index in [0.29, 0.717) is 12.3 Å². The molecule has 0 radical (unpaired) electrons.